The monoisotopic (exact) mass is 1270 g/mol. The molecule has 2 radical (unpaired) electrons. The number of ether oxygens (including phenoxy) is 4. The third kappa shape index (κ3) is 8.48. The predicted molar refractivity (Wildman–Crippen MR) is 205 cm³/mol. The fourth-order valence-corrected chi connectivity index (χ4v) is 9.70. The zero-order valence-electron chi connectivity index (χ0n) is 34.3. The van der Waals surface area contributed by atoms with Gasteiger partial charge >= 0.3 is 11.9 Å². The minimum atomic E-state index is -2.36. The standard InChI is InChI=1S/C44H48FNO13.2Ac/c1-22-28(58-40(53)34(49)32(23-11-15-26(45)16-12-23)46-38(51)24-13-17-27(56-5)18-14-24)20-44(55)37(59-39(52)25-9-7-6-8-10-25)35-42(4,29(47)19-30-43(35,54)21-57-30)36(50)33(48)31(22)41(44,2)3;;/h6-18,28-30,32-35,37,47-49,54-55H,19-21H2,1-5H3,(H,46,51);;/t28?,29?,30?,32?,33?,34?,35?,37?,42-,43+,44?;;/m1../s1. The van der Waals surface area contributed by atoms with E-state index in [0.29, 0.717) is 5.75 Å². The molecular formula is C44H48Ac2FNO13. The van der Waals surface area contributed by atoms with Gasteiger partial charge in [-0.1, -0.05) is 44.2 Å². The maximum absolute atomic E-state index is 14.7. The number of esters is 2. The number of fused-ring (bicyclic) bond motifs is 5. The molecule has 3 aromatic carbocycles. The Morgan fingerprint density at radius 1 is 0.902 bits per heavy atom. The van der Waals surface area contributed by atoms with E-state index in [-0.39, 0.29) is 129 Å². The summed E-state index contributed by atoms with van der Waals surface area (Å²) < 4.78 is 37.0. The van der Waals surface area contributed by atoms with Crippen LogP contribution >= 0.6 is 0 Å². The van der Waals surface area contributed by atoms with E-state index in [1.807, 2.05) is 0 Å². The number of Topliss-reactive ketones (excluding diaryl/α,β-unsaturated/α-hetero) is 1. The van der Waals surface area contributed by atoms with E-state index in [9.17, 15) is 49.1 Å². The molecule has 1 saturated heterocycles. The van der Waals surface area contributed by atoms with E-state index in [0.717, 1.165) is 12.1 Å². The van der Waals surface area contributed by atoms with E-state index in [1.165, 1.54) is 83.3 Å². The first-order valence-electron chi connectivity index (χ1n) is 19.3. The third-order valence-corrected chi connectivity index (χ3v) is 13.3. The number of carbonyl (C=O) groups is 4. The van der Waals surface area contributed by atoms with Gasteiger partial charge in [-0.05, 0) is 79.1 Å². The van der Waals surface area contributed by atoms with Gasteiger partial charge in [0.05, 0.1) is 42.9 Å². The van der Waals surface area contributed by atoms with Crippen molar-refractivity contribution in [3.63, 3.8) is 0 Å². The predicted octanol–water partition coefficient (Wildman–Crippen LogP) is 2.74. The first-order valence-corrected chi connectivity index (χ1v) is 19.3. The number of ketones is 1. The normalized spacial score (nSPS) is 32.0. The summed E-state index contributed by atoms with van der Waals surface area (Å²) in [6.45, 7) is 5.55. The largest absolute Gasteiger partial charge is 0.497 e. The molecule has 320 valence electrons. The van der Waals surface area contributed by atoms with Crippen molar-refractivity contribution < 1.29 is 156 Å². The maximum Gasteiger partial charge on any atom is 0.338 e. The number of aliphatic hydroxyl groups is 5. The van der Waals surface area contributed by atoms with Crippen LogP contribution in [0.4, 0.5) is 4.39 Å². The molecular weight excluding hydrogens is 1220 g/mol. The smallest absolute Gasteiger partial charge is 0.338 e. The zero-order valence-corrected chi connectivity index (χ0v) is 43.8. The number of hydrogen-bond acceptors (Lipinski definition) is 13. The van der Waals surface area contributed by atoms with E-state index in [2.05, 4.69) is 5.32 Å². The summed E-state index contributed by atoms with van der Waals surface area (Å²) >= 11 is 0. The molecule has 7 rings (SSSR count). The van der Waals surface area contributed by atoms with Crippen molar-refractivity contribution in [3.05, 3.63) is 113 Å². The molecule has 1 heterocycles. The first-order chi connectivity index (χ1) is 27.8. The second-order valence-electron chi connectivity index (χ2n) is 16.7. The summed E-state index contributed by atoms with van der Waals surface area (Å²) in [4.78, 5) is 56.3. The summed E-state index contributed by atoms with van der Waals surface area (Å²) in [6.07, 6.45) is -10.8. The van der Waals surface area contributed by atoms with Crippen molar-refractivity contribution in [2.45, 2.75) is 94.4 Å². The topological polar surface area (TPSA) is 218 Å². The minimum absolute atomic E-state index is 0. The van der Waals surface area contributed by atoms with Crippen LogP contribution in [0.2, 0.25) is 0 Å². The number of nitrogens with one attached hydrogen (secondary N) is 1. The Hall–Kier alpha value is -2.15. The molecule has 61 heavy (non-hydrogen) atoms. The second-order valence-corrected chi connectivity index (χ2v) is 16.7. The van der Waals surface area contributed by atoms with Crippen LogP contribution in [-0.4, -0.2) is 111 Å². The van der Waals surface area contributed by atoms with Crippen molar-refractivity contribution >= 4 is 23.6 Å². The number of rotatable bonds is 9. The Balaban J connectivity index is 0.00000352. The number of carbonyl (C=O) groups excluding carboxylic acids is 4. The van der Waals surface area contributed by atoms with E-state index < -0.39 is 106 Å². The van der Waals surface area contributed by atoms with Gasteiger partial charge in [-0.15, -0.1) is 0 Å². The van der Waals surface area contributed by atoms with Crippen molar-refractivity contribution in [2.24, 2.45) is 16.7 Å². The van der Waals surface area contributed by atoms with Crippen molar-refractivity contribution in [1.82, 2.24) is 5.32 Å². The maximum atomic E-state index is 14.7. The van der Waals surface area contributed by atoms with Crippen LogP contribution in [0.3, 0.4) is 0 Å². The summed E-state index contributed by atoms with van der Waals surface area (Å²) in [5.74, 6) is -5.57. The number of methoxy groups -OCH3 is 1. The molecule has 0 aromatic heterocycles. The third-order valence-electron chi connectivity index (χ3n) is 13.3. The molecule has 14 nitrogen and oxygen atoms in total. The Bertz CT molecular complexity index is 2170. The van der Waals surface area contributed by atoms with Crippen LogP contribution in [0.1, 0.15) is 72.9 Å². The molecule has 2 saturated carbocycles. The molecule has 3 fully saturated rings. The Morgan fingerprint density at radius 3 is 2.10 bits per heavy atom. The molecule has 6 N–H and O–H groups in total. The Kier molecular flexibility index (Phi) is 15.3. The van der Waals surface area contributed by atoms with Crippen LogP contribution < -0.4 is 10.1 Å². The van der Waals surface area contributed by atoms with Crippen LogP contribution in [-0.2, 0) is 23.8 Å². The van der Waals surface area contributed by atoms with Gasteiger partial charge in [0.1, 0.15) is 41.1 Å². The summed E-state index contributed by atoms with van der Waals surface area (Å²) in [6, 6.07) is 17.0. The number of hydrogen-bond donors (Lipinski definition) is 6. The average Bonchev–Trinajstić information content (AvgIpc) is 3.22. The quantitative estimate of drug-likeness (QED) is 0.134. The number of halogens is 1. The van der Waals surface area contributed by atoms with Gasteiger partial charge in [-0.2, -0.15) is 0 Å². The molecule has 11 atom stereocenters. The molecule has 17 heteroatoms. The van der Waals surface area contributed by atoms with Gasteiger partial charge in [-0.3, -0.25) is 9.59 Å². The van der Waals surface area contributed by atoms with E-state index in [1.54, 1.807) is 18.2 Å². The molecule has 1 aliphatic heterocycles. The average molecular weight is 1270 g/mol. The van der Waals surface area contributed by atoms with Crippen LogP contribution in [0.5, 0.6) is 5.75 Å². The molecule has 2 bridgehead atoms. The van der Waals surface area contributed by atoms with Crippen LogP contribution in [0.15, 0.2) is 90.0 Å². The fourth-order valence-electron chi connectivity index (χ4n) is 9.70. The van der Waals surface area contributed by atoms with Gasteiger partial charge in [0.2, 0.25) is 0 Å². The van der Waals surface area contributed by atoms with Crippen molar-refractivity contribution in [3.8, 4) is 5.75 Å². The summed E-state index contributed by atoms with van der Waals surface area (Å²) in [7, 11) is 1.46. The van der Waals surface area contributed by atoms with Crippen molar-refractivity contribution in [2.75, 3.05) is 13.7 Å². The molecule has 3 aromatic rings. The van der Waals surface area contributed by atoms with Gasteiger partial charge in [0, 0.05) is 118 Å². The number of amides is 1. The molecule has 4 aliphatic rings. The second kappa shape index (κ2) is 18.8. The minimum Gasteiger partial charge on any atom is -0.497 e. The van der Waals surface area contributed by atoms with Gasteiger partial charge in [0.25, 0.3) is 5.91 Å². The van der Waals surface area contributed by atoms with Gasteiger partial charge < -0.3 is 49.8 Å². The molecule has 3 aliphatic carbocycles. The molecule has 1 amide bonds. The molecule has 9 unspecified atom stereocenters. The molecule has 0 spiro atoms. The van der Waals surface area contributed by atoms with E-state index >= 15 is 0 Å². The Morgan fingerprint density at radius 2 is 1.52 bits per heavy atom. The van der Waals surface area contributed by atoms with Crippen LogP contribution in [0.25, 0.3) is 0 Å². The SMILES string of the molecule is COc1ccc(C(=O)NC(c2ccc(F)cc2)C(O)C(=O)OC2CC3(O)C(OC(=O)c4ccccc4)C4[C@]5(O)COC5CC(O)[C@@]4(C)C(=O)C(O)C(=C2C)C3(C)C)cc1.[Ac].[Ac]. The number of aliphatic hydroxyl groups excluding tert-OH is 3. The van der Waals surface area contributed by atoms with E-state index in [4.69, 9.17) is 18.9 Å². The Labute approximate surface area is 423 Å². The fraction of sp³-hybridized carbons (Fsp3) is 0.455. The summed E-state index contributed by atoms with van der Waals surface area (Å²) in [5, 5.41) is 63.6. The first kappa shape index (κ1) is 49.9. The van der Waals surface area contributed by atoms with Crippen molar-refractivity contribution in [1.29, 1.82) is 0 Å². The summed E-state index contributed by atoms with van der Waals surface area (Å²) in [5.41, 5.74) is -7.54. The van der Waals surface area contributed by atoms with Gasteiger partial charge in [-0.25, -0.2) is 14.0 Å². The zero-order chi connectivity index (χ0) is 42.8. The van der Waals surface area contributed by atoms with Gasteiger partial charge in [0.15, 0.2) is 11.9 Å². The number of benzene rings is 3. The van der Waals surface area contributed by atoms with Crippen LogP contribution in [0, 0.1) is 111 Å².